The Labute approximate surface area is 178 Å². The van der Waals surface area contributed by atoms with E-state index in [1.54, 1.807) is 11.0 Å². The van der Waals surface area contributed by atoms with E-state index in [1.807, 2.05) is 0 Å². The second-order valence-corrected chi connectivity index (χ2v) is 8.00. The minimum Gasteiger partial charge on any atom is -0.483 e. The van der Waals surface area contributed by atoms with Crippen LogP contribution in [0.15, 0.2) is 18.2 Å². The van der Waals surface area contributed by atoms with E-state index in [2.05, 4.69) is 5.32 Å². The van der Waals surface area contributed by atoms with Gasteiger partial charge in [0.15, 0.2) is 6.61 Å². The van der Waals surface area contributed by atoms with Gasteiger partial charge in [0.25, 0.3) is 17.7 Å². The third kappa shape index (κ3) is 3.90. The molecule has 0 spiro atoms. The minimum absolute atomic E-state index is 0.0310. The number of ether oxygens (including phenoxy) is 1. The molecule has 3 aliphatic rings. The predicted molar refractivity (Wildman–Crippen MR) is 107 cm³/mol. The molecule has 31 heavy (non-hydrogen) atoms. The molecule has 0 aliphatic carbocycles. The molecule has 3 heterocycles. The van der Waals surface area contributed by atoms with Gasteiger partial charge in [-0.2, -0.15) is 0 Å². The number of benzene rings is 1. The fourth-order valence-electron chi connectivity index (χ4n) is 4.32. The van der Waals surface area contributed by atoms with Crippen LogP contribution >= 0.6 is 0 Å². The molecular weight excluding hydrogens is 404 g/mol. The summed E-state index contributed by atoms with van der Waals surface area (Å²) in [5.41, 5.74) is 5.86. The van der Waals surface area contributed by atoms with Crippen molar-refractivity contribution in [1.82, 2.24) is 15.1 Å². The monoisotopic (exact) mass is 428 g/mol. The number of carbonyl (C=O) groups is 5. The maximum absolute atomic E-state index is 13.0. The van der Waals surface area contributed by atoms with E-state index in [4.69, 9.17) is 10.5 Å². The molecule has 164 valence electrons. The summed E-state index contributed by atoms with van der Waals surface area (Å²) in [6.07, 6.45) is 1.98. The Morgan fingerprint density at radius 3 is 2.71 bits per heavy atom. The van der Waals surface area contributed by atoms with Crippen molar-refractivity contribution in [3.05, 3.63) is 29.3 Å². The first-order chi connectivity index (χ1) is 14.9. The number of amides is 5. The highest BCUT2D eigenvalue weighted by Gasteiger charge is 2.46. The first kappa shape index (κ1) is 21.0. The molecule has 3 aliphatic heterocycles. The number of hydrogen-bond acceptors (Lipinski definition) is 7. The Kier molecular flexibility index (Phi) is 5.73. The summed E-state index contributed by atoms with van der Waals surface area (Å²) < 4.78 is 5.65. The highest BCUT2D eigenvalue weighted by Crippen LogP contribution is 2.33. The molecule has 0 aromatic heterocycles. The lowest BCUT2D eigenvalue weighted by molar-refractivity contribution is -0.136. The van der Waals surface area contributed by atoms with Crippen molar-refractivity contribution in [2.45, 2.75) is 31.7 Å². The summed E-state index contributed by atoms with van der Waals surface area (Å²) in [4.78, 5) is 64.6. The van der Waals surface area contributed by atoms with E-state index in [0.717, 1.165) is 17.7 Å². The second kappa shape index (κ2) is 8.46. The molecule has 0 bridgehead atoms. The molecule has 1 aromatic carbocycles. The zero-order valence-electron chi connectivity index (χ0n) is 17.0. The van der Waals surface area contributed by atoms with Crippen LogP contribution in [0.25, 0.3) is 0 Å². The van der Waals surface area contributed by atoms with Gasteiger partial charge in [0, 0.05) is 19.5 Å². The van der Waals surface area contributed by atoms with Crippen LogP contribution in [0.3, 0.4) is 0 Å². The first-order valence-corrected chi connectivity index (χ1v) is 10.4. The van der Waals surface area contributed by atoms with Crippen LogP contribution in [0, 0.1) is 5.92 Å². The zero-order valence-corrected chi connectivity index (χ0v) is 17.0. The highest BCUT2D eigenvalue weighted by molar-refractivity contribution is 6.24. The van der Waals surface area contributed by atoms with Gasteiger partial charge in [-0.1, -0.05) is 6.07 Å². The molecule has 4 rings (SSSR count). The SMILES string of the molecule is NC[C@@H]1CCCN(C(=O)COc2cccc3c2C(=O)N(C2CCC(=O)NC2=O)C3=O)C1. The fourth-order valence-corrected chi connectivity index (χ4v) is 4.32. The molecule has 1 aromatic rings. The fraction of sp³-hybridized carbons (Fsp3) is 0.476. The predicted octanol–water partition coefficient (Wildman–Crippen LogP) is -0.336. The van der Waals surface area contributed by atoms with Crippen LogP contribution in [-0.4, -0.2) is 71.6 Å². The third-order valence-electron chi connectivity index (χ3n) is 5.99. The highest BCUT2D eigenvalue weighted by atomic mass is 16.5. The number of rotatable bonds is 5. The van der Waals surface area contributed by atoms with E-state index < -0.39 is 29.7 Å². The number of carbonyl (C=O) groups excluding carboxylic acids is 5. The summed E-state index contributed by atoms with van der Waals surface area (Å²) in [6.45, 7) is 1.45. The molecule has 0 radical (unpaired) electrons. The lowest BCUT2D eigenvalue weighted by Gasteiger charge is -2.32. The number of fused-ring (bicyclic) bond motifs is 1. The van der Waals surface area contributed by atoms with Gasteiger partial charge in [-0.25, -0.2) is 0 Å². The lowest BCUT2D eigenvalue weighted by Crippen LogP contribution is -2.54. The quantitative estimate of drug-likeness (QED) is 0.612. The van der Waals surface area contributed by atoms with Crippen LogP contribution < -0.4 is 15.8 Å². The molecule has 3 N–H and O–H groups in total. The molecule has 10 heteroatoms. The lowest BCUT2D eigenvalue weighted by atomic mass is 9.98. The van der Waals surface area contributed by atoms with E-state index >= 15 is 0 Å². The molecule has 5 amide bonds. The number of likely N-dealkylation sites (tertiary alicyclic amines) is 1. The zero-order chi connectivity index (χ0) is 22.1. The Morgan fingerprint density at radius 2 is 1.97 bits per heavy atom. The molecule has 10 nitrogen and oxygen atoms in total. The summed E-state index contributed by atoms with van der Waals surface area (Å²) in [7, 11) is 0. The summed E-state index contributed by atoms with van der Waals surface area (Å²) in [5, 5.41) is 2.16. The molecular formula is C21H24N4O6. The maximum Gasteiger partial charge on any atom is 0.266 e. The van der Waals surface area contributed by atoms with Gasteiger partial charge in [0.1, 0.15) is 11.8 Å². The average molecular weight is 428 g/mol. The summed E-state index contributed by atoms with van der Waals surface area (Å²) in [6, 6.07) is 3.50. The van der Waals surface area contributed by atoms with Crippen molar-refractivity contribution in [2.75, 3.05) is 26.2 Å². The second-order valence-electron chi connectivity index (χ2n) is 8.00. The standard InChI is InChI=1S/C21H24N4O6/c22-9-12-3-2-8-24(10-12)17(27)11-31-15-5-1-4-13-18(15)21(30)25(20(13)29)14-6-7-16(26)23-19(14)28/h1,4-5,12,14H,2-3,6-11,22H2,(H,23,26,28)/t12-,14?/m0/s1. The van der Waals surface area contributed by atoms with Crippen LogP contribution in [0.1, 0.15) is 46.4 Å². The molecule has 1 unspecified atom stereocenters. The van der Waals surface area contributed by atoms with Gasteiger partial charge in [-0.05, 0) is 43.9 Å². The number of nitrogens with two attached hydrogens (primary N) is 1. The van der Waals surface area contributed by atoms with E-state index in [1.165, 1.54) is 12.1 Å². The molecule has 2 saturated heterocycles. The first-order valence-electron chi connectivity index (χ1n) is 10.4. The van der Waals surface area contributed by atoms with Crippen molar-refractivity contribution >= 4 is 29.5 Å². The van der Waals surface area contributed by atoms with Crippen molar-refractivity contribution < 1.29 is 28.7 Å². The molecule has 0 saturated carbocycles. The Morgan fingerprint density at radius 1 is 1.16 bits per heavy atom. The van der Waals surface area contributed by atoms with Gasteiger partial charge in [-0.15, -0.1) is 0 Å². The summed E-state index contributed by atoms with van der Waals surface area (Å²) >= 11 is 0. The van der Waals surface area contributed by atoms with Gasteiger partial charge in [0.05, 0.1) is 11.1 Å². The van der Waals surface area contributed by atoms with Crippen molar-refractivity contribution in [3.63, 3.8) is 0 Å². The minimum atomic E-state index is -1.05. The van der Waals surface area contributed by atoms with Gasteiger partial charge in [0.2, 0.25) is 11.8 Å². The van der Waals surface area contributed by atoms with Gasteiger partial charge in [-0.3, -0.25) is 34.2 Å². The molecule has 2 fully saturated rings. The normalized spacial score (nSPS) is 23.6. The number of nitrogens with zero attached hydrogens (tertiary/aromatic N) is 2. The van der Waals surface area contributed by atoms with Crippen molar-refractivity contribution in [2.24, 2.45) is 11.7 Å². The van der Waals surface area contributed by atoms with Crippen LogP contribution in [0.4, 0.5) is 0 Å². The number of piperidine rings is 2. The van der Waals surface area contributed by atoms with Gasteiger partial charge < -0.3 is 15.4 Å². The van der Waals surface area contributed by atoms with E-state index in [9.17, 15) is 24.0 Å². The molecule has 2 atom stereocenters. The van der Waals surface area contributed by atoms with Gasteiger partial charge >= 0.3 is 0 Å². The average Bonchev–Trinajstić information content (AvgIpc) is 3.03. The van der Waals surface area contributed by atoms with Crippen LogP contribution in [-0.2, 0) is 14.4 Å². The van der Waals surface area contributed by atoms with E-state index in [-0.39, 0.29) is 48.2 Å². The van der Waals surface area contributed by atoms with Crippen LogP contribution in [0.5, 0.6) is 5.75 Å². The van der Waals surface area contributed by atoms with Crippen molar-refractivity contribution in [1.29, 1.82) is 0 Å². The number of imide groups is 2. The summed E-state index contributed by atoms with van der Waals surface area (Å²) in [5.74, 6) is -2.23. The van der Waals surface area contributed by atoms with E-state index in [0.29, 0.717) is 19.6 Å². The largest absolute Gasteiger partial charge is 0.483 e. The Balaban J connectivity index is 1.49. The Bertz CT molecular complexity index is 961. The Hall–Kier alpha value is -3.27. The number of nitrogens with one attached hydrogen (secondary N) is 1. The van der Waals surface area contributed by atoms with Crippen LogP contribution in [0.2, 0.25) is 0 Å². The maximum atomic E-state index is 13.0. The topological polar surface area (TPSA) is 139 Å². The third-order valence-corrected chi connectivity index (χ3v) is 5.99. The smallest absolute Gasteiger partial charge is 0.266 e. The van der Waals surface area contributed by atoms with Crippen molar-refractivity contribution in [3.8, 4) is 5.75 Å². The number of hydrogen-bond donors (Lipinski definition) is 2.